The Labute approximate surface area is 204 Å². The fourth-order valence-electron chi connectivity index (χ4n) is 3.74. The molecule has 2 aromatic carbocycles. The lowest BCUT2D eigenvalue weighted by Crippen LogP contribution is -2.30. The van der Waals surface area contributed by atoms with Gasteiger partial charge in [-0.2, -0.15) is 0 Å². The first-order valence-corrected chi connectivity index (χ1v) is 11.7. The van der Waals surface area contributed by atoms with Gasteiger partial charge in [0.25, 0.3) is 5.56 Å². The van der Waals surface area contributed by atoms with Crippen molar-refractivity contribution in [3.05, 3.63) is 73.6 Å². The third kappa shape index (κ3) is 6.58. The molecule has 1 unspecified atom stereocenters. The predicted octanol–water partition coefficient (Wildman–Crippen LogP) is 5.20. The van der Waals surface area contributed by atoms with Gasteiger partial charge in [-0.25, -0.2) is 0 Å². The fraction of sp³-hybridized carbons (Fsp3) is 0.360. The number of benzene rings is 2. The SMILES string of the molecule is CC.CC1c2c(Cl)cc(Cl)cc2CCN1C.O=CCNc1ccc2c(=O)[nH]cc(CO)c2c1. The summed E-state index contributed by atoms with van der Waals surface area (Å²) in [6, 6.07) is 9.40. The van der Waals surface area contributed by atoms with Gasteiger partial charge in [-0.05, 0) is 67.2 Å². The van der Waals surface area contributed by atoms with Gasteiger partial charge in [0.15, 0.2) is 0 Å². The number of aliphatic hydroxyl groups is 1. The minimum absolute atomic E-state index is 0.148. The Morgan fingerprint density at radius 3 is 2.61 bits per heavy atom. The third-order valence-electron chi connectivity index (χ3n) is 5.54. The van der Waals surface area contributed by atoms with E-state index in [4.69, 9.17) is 23.2 Å². The van der Waals surface area contributed by atoms with Crippen LogP contribution in [0.15, 0.2) is 41.3 Å². The zero-order valence-corrected chi connectivity index (χ0v) is 20.9. The molecule has 0 saturated heterocycles. The Hall–Kier alpha value is -2.38. The number of halogens is 2. The lowest BCUT2D eigenvalue weighted by atomic mass is 9.94. The topological polar surface area (TPSA) is 85.4 Å². The summed E-state index contributed by atoms with van der Waals surface area (Å²) >= 11 is 12.2. The first-order valence-electron chi connectivity index (χ1n) is 11.0. The van der Waals surface area contributed by atoms with Crippen molar-refractivity contribution in [3.63, 3.8) is 0 Å². The molecule has 8 heteroatoms. The number of aliphatic hydroxyl groups excluding tert-OH is 1. The summed E-state index contributed by atoms with van der Waals surface area (Å²) in [5.41, 5.74) is 3.73. The summed E-state index contributed by atoms with van der Waals surface area (Å²) in [4.78, 5) is 26.7. The number of rotatable bonds is 4. The van der Waals surface area contributed by atoms with E-state index in [0.717, 1.165) is 35.0 Å². The summed E-state index contributed by atoms with van der Waals surface area (Å²) < 4.78 is 0. The molecule has 1 aliphatic rings. The van der Waals surface area contributed by atoms with Gasteiger partial charge < -0.3 is 20.2 Å². The van der Waals surface area contributed by atoms with Gasteiger partial charge in [0, 0.05) is 45.5 Å². The van der Waals surface area contributed by atoms with Crippen LogP contribution in [-0.4, -0.2) is 41.4 Å². The van der Waals surface area contributed by atoms with Crippen LogP contribution >= 0.6 is 23.2 Å². The molecule has 0 bridgehead atoms. The summed E-state index contributed by atoms with van der Waals surface area (Å²) in [6.45, 7) is 7.32. The number of H-pyrrole nitrogens is 1. The second-order valence-electron chi connectivity index (χ2n) is 7.48. The molecule has 6 nitrogen and oxygen atoms in total. The van der Waals surface area contributed by atoms with E-state index in [1.54, 1.807) is 18.2 Å². The average Bonchev–Trinajstić information content (AvgIpc) is 2.82. The number of hydrogen-bond donors (Lipinski definition) is 3. The van der Waals surface area contributed by atoms with E-state index >= 15 is 0 Å². The lowest BCUT2D eigenvalue weighted by Gasteiger charge is -2.32. The number of aromatic amines is 1. The van der Waals surface area contributed by atoms with Gasteiger partial charge in [-0.3, -0.25) is 9.69 Å². The minimum atomic E-state index is -0.195. The normalized spacial score (nSPS) is 14.9. The number of pyridine rings is 1. The molecular weight excluding hydrogens is 461 g/mol. The monoisotopic (exact) mass is 491 g/mol. The number of carbonyl (C=O) groups excluding carboxylic acids is 1. The molecule has 0 radical (unpaired) electrons. The molecule has 0 aliphatic carbocycles. The van der Waals surface area contributed by atoms with E-state index in [2.05, 4.69) is 29.2 Å². The average molecular weight is 492 g/mol. The maximum Gasteiger partial charge on any atom is 0.255 e. The Bertz CT molecular complexity index is 1150. The smallest absolute Gasteiger partial charge is 0.255 e. The van der Waals surface area contributed by atoms with E-state index in [1.807, 2.05) is 26.0 Å². The van der Waals surface area contributed by atoms with Crippen molar-refractivity contribution >= 4 is 45.9 Å². The Kier molecular flexibility index (Phi) is 10.4. The maximum atomic E-state index is 11.6. The van der Waals surface area contributed by atoms with Crippen LogP contribution in [0, 0.1) is 0 Å². The molecule has 178 valence electrons. The van der Waals surface area contributed by atoms with E-state index in [9.17, 15) is 14.7 Å². The number of fused-ring (bicyclic) bond motifs is 2. The summed E-state index contributed by atoms with van der Waals surface area (Å²) in [6.07, 6.45) is 3.29. The van der Waals surface area contributed by atoms with Crippen LogP contribution in [0.2, 0.25) is 10.0 Å². The summed E-state index contributed by atoms with van der Waals surface area (Å²) in [5.74, 6) is 0. The Balaban J connectivity index is 0.000000221. The van der Waals surface area contributed by atoms with E-state index in [1.165, 1.54) is 17.3 Å². The maximum absolute atomic E-state index is 11.6. The van der Waals surface area contributed by atoms with Crippen molar-refractivity contribution < 1.29 is 9.90 Å². The standard InChI is InChI=1S/C12H12N2O3.C11H13Cl2N.C2H6/c15-4-3-13-9-1-2-10-11(5-9)8(7-16)6-14-12(10)17;1-7-11-8(3-4-14(7)2)5-9(12)6-10(11)13;1-2/h1-2,4-6,13,16H,3,7H2,(H,14,17);5-7H,3-4H2,1-2H3;1-2H3. The Morgan fingerprint density at radius 1 is 1.21 bits per heavy atom. The molecule has 0 saturated carbocycles. The molecule has 4 rings (SSSR count). The number of aldehydes is 1. The molecule has 1 atom stereocenters. The van der Waals surface area contributed by atoms with Crippen LogP contribution in [0.3, 0.4) is 0 Å². The van der Waals surface area contributed by atoms with Crippen LogP contribution in [0.5, 0.6) is 0 Å². The van der Waals surface area contributed by atoms with Crippen molar-refractivity contribution in [1.29, 1.82) is 0 Å². The number of anilines is 1. The van der Waals surface area contributed by atoms with Gasteiger partial charge >= 0.3 is 0 Å². The number of hydrogen-bond acceptors (Lipinski definition) is 5. The number of nitrogens with zero attached hydrogens (tertiary/aromatic N) is 1. The molecule has 0 spiro atoms. The highest BCUT2D eigenvalue weighted by Crippen LogP contribution is 2.35. The third-order valence-corrected chi connectivity index (χ3v) is 6.07. The van der Waals surface area contributed by atoms with Gasteiger partial charge in [-0.1, -0.05) is 37.0 Å². The Morgan fingerprint density at radius 2 is 1.94 bits per heavy atom. The highest BCUT2D eigenvalue weighted by atomic mass is 35.5. The summed E-state index contributed by atoms with van der Waals surface area (Å²) in [7, 11) is 2.12. The van der Waals surface area contributed by atoms with Crippen LogP contribution in [0.1, 0.15) is 43.5 Å². The molecule has 2 heterocycles. The quantitative estimate of drug-likeness (QED) is 0.436. The van der Waals surface area contributed by atoms with Crippen LogP contribution in [0.25, 0.3) is 10.8 Å². The van der Waals surface area contributed by atoms with E-state index < -0.39 is 0 Å². The summed E-state index contributed by atoms with van der Waals surface area (Å²) in [5, 5.41) is 14.8. The molecule has 0 amide bonds. The van der Waals surface area contributed by atoms with Crippen LogP contribution in [0.4, 0.5) is 5.69 Å². The highest BCUT2D eigenvalue weighted by Gasteiger charge is 2.23. The number of aromatic nitrogens is 1. The second kappa shape index (κ2) is 12.8. The molecule has 3 aromatic rings. The minimum Gasteiger partial charge on any atom is -0.392 e. The zero-order chi connectivity index (χ0) is 24.5. The molecule has 3 N–H and O–H groups in total. The fourth-order valence-corrected chi connectivity index (χ4v) is 4.43. The number of likely N-dealkylation sites (N-methyl/N-ethyl adjacent to an activating group) is 1. The van der Waals surface area contributed by atoms with Crippen molar-refractivity contribution in [1.82, 2.24) is 9.88 Å². The van der Waals surface area contributed by atoms with Gasteiger partial charge in [0.2, 0.25) is 0 Å². The second-order valence-corrected chi connectivity index (χ2v) is 8.32. The molecule has 1 aliphatic heterocycles. The van der Waals surface area contributed by atoms with Crippen molar-refractivity contribution in [2.45, 2.75) is 39.8 Å². The number of nitrogens with one attached hydrogen (secondary N) is 2. The van der Waals surface area contributed by atoms with Crippen molar-refractivity contribution in [2.75, 3.05) is 25.5 Å². The van der Waals surface area contributed by atoms with Gasteiger partial charge in [-0.15, -0.1) is 0 Å². The van der Waals surface area contributed by atoms with E-state index in [-0.39, 0.29) is 18.7 Å². The first-order chi connectivity index (χ1) is 15.8. The largest absolute Gasteiger partial charge is 0.392 e. The van der Waals surface area contributed by atoms with Crippen LogP contribution < -0.4 is 10.9 Å². The lowest BCUT2D eigenvalue weighted by molar-refractivity contribution is -0.106. The van der Waals surface area contributed by atoms with Gasteiger partial charge in [0.1, 0.15) is 6.29 Å². The molecule has 0 fully saturated rings. The van der Waals surface area contributed by atoms with Gasteiger partial charge in [0.05, 0.1) is 13.2 Å². The highest BCUT2D eigenvalue weighted by molar-refractivity contribution is 6.35. The van der Waals surface area contributed by atoms with Crippen molar-refractivity contribution in [3.8, 4) is 0 Å². The zero-order valence-electron chi connectivity index (χ0n) is 19.4. The molecular formula is C25H31Cl2N3O3. The predicted molar refractivity (Wildman–Crippen MR) is 138 cm³/mol. The van der Waals surface area contributed by atoms with Crippen LogP contribution in [-0.2, 0) is 17.8 Å². The first kappa shape index (κ1) is 26.9. The molecule has 33 heavy (non-hydrogen) atoms. The number of carbonyl (C=O) groups is 1. The van der Waals surface area contributed by atoms with E-state index in [0.29, 0.717) is 22.4 Å². The van der Waals surface area contributed by atoms with Crippen molar-refractivity contribution in [2.24, 2.45) is 0 Å². The molecule has 1 aromatic heterocycles.